The van der Waals surface area contributed by atoms with Gasteiger partial charge in [-0.1, -0.05) is 17.7 Å². The van der Waals surface area contributed by atoms with Crippen LogP contribution < -0.4 is 5.32 Å². The van der Waals surface area contributed by atoms with Gasteiger partial charge in [0.1, 0.15) is 0 Å². The minimum absolute atomic E-state index is 0.0274. The molecule has 1 aromatic carbocycles. The molecule has 0 aliphatic carbocycles. The van der Waals surface area contributed by atoms with Crippen LogP contribution >= 0.6 is 38.9 Å². The average Bonchev–Trinajstić information content (AvgIpc) is 2.86. The van der Waals surface area contributed by atoms with E-state index in [1.807, 2.05) is 6.07 Å². The van der Waals surface area contributed by atoms with Crippen molar-refractivity contribution in [2.24, 2.45) is 0 Å². The third-order valence-corrected chi connectivity index (χ3v) is 4.44. The highest BCUT2D eigenvalue weighted by molar-refractivity contribution is 9.10. The lowest BCUT2D eigenvalue weighted by atomic mass is 10.2. The molecule has 0 spiro atoms. The van der Waals surface area contributed by atoms with E-state index in [1.165, 1.54) is 4.88 Å². The van der Waals surface area contributed by atoms with Gasteiger partial charge in [0, 0.05) is 20.8 Å². The minimum Gasteiger partial charge on any atom is -0.325 e. The molecular formula is C14H13BrClNOS. The van der Waals surface area contributed by atoms with Gasteiger partial charge in [0.05, 0.1) is 5.69 Å². The minimum atomic E-state index is 0.0274. The number of benzene rings is 1. The Kier molecular flexibility index (Phi) is 5.43. The molecule has 2 nitrogen and oxygen atoms in total. The zero-order valence-corrected chi connectivity index (χ0v) is 13.3. The lowest BCUT2D eigenvalue weighted by Crippen LogP contribution is -2.11. The second kappa shape index (κ2) is 7.08. The van der Waals surface area contributed by atoms with E-state index in [4.69, 9.17) is 11.6 Å². The van der Waals surface area contributed by atoms with Gasteiger partial charge in [-0.3, -0.25) is 4.79 Å². The van der Waals surface area contributed by atoms with Crippen LogP contribution in [0.15, 0.2) is 40.2 Å². The first-order chi connectivity index (χ1) is 9.15. The fourth-order valence-electron chi connectivity index (χ4n) is 1.68. The lowest BCUT2D eigenvalue weighted by Gasteiger charge is -2.07. The first-order valence-electron chi connectivity index (χ1n) is 5.92. The molecule has 0 radical (unpaired) electrons. The maximum atomic E-state index is 11.8. The second-order valence-electron chi connectivity index (χ2n) is 4.11. The smallest absolute Gasteiger partial charge is 0.224 e. The van der Waals surface area contributed by atoms with Crippen molar-refractivity contribution in [2.45, 2.75) is 19.3 Å². The standard InChI is InChI=1S/C14H13BrClNOS/c15-12-9-10(16)6-7-13(12)17-14(18)5-1-3-11-4-2-8-19-11/h2,4,6-9H,1,3,5H2,(H,17,18). The summed E-state index contributed by atoms with van der Waals surface area (Å²) in [6.07, 6.45) is 2.33. The predicted molar refractivity (Wildman–Crippen MR) is 85.0 cm³/mol. The van der Waals surface area contributed by atoms with Crippen molar-refractivity contribution in [3.05, 3.63) is 50.1 Å². The highest BCUT2D eigenvalue weighted by atomic mass is 79.9. The van der Waals surface area contributed by atoms with Crippen LogP contribution in [0.3, 0.4) is 0 Å². The summed E-state index contributed by atoms with van der Waals surface area (Å²) in [6, 6.07) is 9.45. The molecule has 1 heterocycles. The molecular weight excluding hydrogens is 346 g/mol. The highest BCUT2D eigenvalue weighted by Gasteiger charge is 2.06. The lowest BCUT2D eigenvalue weighted by molar-refractivity contribution is -0.116. The molecule has 0 unspecified atom stereocenters. The van der Waals surface area contributed by atoms with Gasteiger partial charge < -0.3 is 5.32 Å². The summed E-state index contributed by atoms with van der Waals surface area (Å²) in [5.74, 6) is 0.0274. The Morgan fingerprint density at radius 1 is 1.37 bits per heavy atom. The quantitative estimate of drug-likeness (QED) is 0.789. The molecule has 0 aliphatic rings. The number of hydrogen-bond acceptors (Lipinski definition) is 2. The molecule has 1 amide bonds. The highest BCUT2D eigenvalue weighted by Crippen LogP contribution is 2.26. The zero-order chi connectivity index (χ0) is 13.7. The Hall–Kier alpha value is -0.840. The monoisotopic (exact) mass is 357 g/mol. The van der Waals surface area contributed by atoms with Gasteiger partial charge in [0.15, 0.2) is 0 Å². The molecule has 0 saturated heterocycles. The van der Waals surface area contributed by atoms with Crippen molar-refractivity contribution in [3.8, 4) is 0 Å². The summed E-state index contributed by atoms with van der Waals surface area (Å²) in [5.41, 5.74) is 0.755. The van der Waals surface area contributed by atoms with Gasteiger partial charge in [-0.25, -0.2) is 0 Å². The van der Waals surface area contributed by atoms with Crippen molar-refractivity contribution in [3.63, 3.8) is 0 Å². The number of nitrogens with one attached hydrogen (secondary N) is 1. The Labute approximate surface area is 129 Å². The summed E-state index contributed by atoms with van der Waals surface area (Å²) < 4.78 is 0.798. The number of carbonyl (C=O) groups excluding carboxylic acids is 1. The van der Waals surface area contributed by atoms with Crippen molar-refractivity contribution >= 4 is 50.5 Å². The van der Waals surface area contributed by atoms with Gasteiger partial charge in [0.25, 0.3) is 0 Å². The van der Waals surface area contributed by atoms with E-state index < -0.39 is 0 Å². The maximum absolute atomic E-state index is 11.8. The average molecular weight is 359 g/mol. The number of hydrogen-bond donors (Lipinski definition) is 1. The van der Waals surface area contributed by atoms with Crippen LogP contribution in [0.5, 0.6) is 0 Å². The van der Waals surface area contributed by atoms with Crippen LogP contribution in [-0.4, -0.2) is 5.91 Å². The molecule has 0 aliphatic heterocycles. The second-order valence-corrected chi connectivity index (χ2v) is 6.43. The Morgan fingerprint density at radius 2 is 2.21 bits per heavy atom. The first-order valence-corrected chi connectivity index (χ1v) is 7.97. The van der Waals surface area contributed by atoms with E-state index in [1.54, 1.807) is 29.5 Å². The van der Waals surface area contributed by atoms with Crippen molar-refractivity contribution in [2.75, 3.05) is 5.32 Å². The van der Waals surface area contributed by atoms with Crippen LogP contribution in [0.1, 0.15) is 17.7 Å². The van der Waals surface area contributed by atoms with Crippen LogP contribution in [-0.2, 0) is 11.2 Å². The summed E-state index contributed by atoms with van der Waals surface area (Å²) >= 11 is 11.0. The van der Waals surface area contributed by atoms with Crippen LogP contribution in [0.2, 0.25) is 5.02 Å². The van der Waals surface area contributed by atoms with Gasteiger partial charge in [-0.05, 0) is 58.4 Å². The number of anilines is 1. The number of aryl methyl sites for hydroxylation is 1. The van der Waals surface area contributed by atoms with Crippen molar-refractivity contribution < 1.29 is 4.79 Å². The van der Waals surface area contributed by atoms with E-state index in [0.29, 0.717) is 11.4 Å². The van der Waals surface area contributed by atoms with Gasteiger partial charge in [-0.2, -0.15) is 0 Å². The van der Waals surface area contributed by atoms with Crippen LogP contribution in [0.4, 0.5) is 5.69 Å². The molecule has 0 saturated carbocycles. The van der Waals surface area contributed by atoms with Crippen LogP contribution in [0.25, 0.3) is 0 Å². The Bertz CT molecular complexity index is 557. The summed E-state index contributed by atoms with van der Waals surface area (Å²) in [5, 5.41) is 5.57. The fraction of sp³-hybridized carbons (Fsp3) is 0.214. The van der Waals surface area contributed by atoms with Gasteiger partial charge >= 0.3 is 0 Å². The number of amides is 1. The fourth-order valence-corrected chi connectivity index (χ4v) is 3.21. The number of thiophene rings is 1. The molecule has 0 atom stereocenters. The van der Waals surface area contributed by atoms with Crippen molar-refractivity contribution in [1.29, 1.82) is 0 Å². The zero-order valence-electron chi connectivity index (χ0n) is 10.2. The maximum Gasteiger partial charge on any atom is 0.224 e. The van der Waals surface area contributed by atoms with Gasteiger partial charge in [-0.15, -0.1) is 11.3 Å². The van der Waals surface area contributed by atoms with E-state index in [9.17, 15) is 4.79 Å². The van der Waals surface area contributed by atoms with Crippen molar-refractivity contribution in [1.82, 2.24) is 0 Å². The van der Waals surface area contributed by atoms with E-state index in [2.05, 4.69) is 32.7 Å². The first kappa shape index (κ1) is 14.6. The normalized spacial score (nSPS) is 10.4. The molecule has 19 heavy (non-hydrogen) atoms. The molecule has 1 N–H and O–H groups in total. The number of rotatable bonds is 5. The number of carbonyl (C=O) groups is 1. The molecule has 2 rings (SSSR count). The SMILES string of the molecule is O=C(CCCc1cccs1)Nc1ccc(Cl)cc1Br. The Balaban J connectivity index is 1.80. The Morgan fingerprint density at radius 3 is 2.89 bits per heavy atom. The summed E-state index contributed by atoms with van der Waals surface area (Å²) in [7, 11) is 0. The summed E-state index contributed by atoms with van der Waals surface area (Å²) in [4.78, 5) is 13.1. The molecule has 0 fully saturated rings. The predicted octanol–water partition coefficient (Wildman–Crippen LogP) is 5.13. The molecule has 5 heteroatoms. The topological polar surface area (TPSA) is 29.1 Å². The molecule has 0 bridgehead atoms. The third-order valence-electron chi connectivity index (χ3n) is 2.61. The van der Waals surface area contributed by atoms with E-state index >= 15 is 0 Å². The molecule has 2 aromatic rings. The van der Waals surface area contributed by atoms with Crippen LogP contribution in [0, 0.1) is 0 Å². The van der Waals surface area contributed by atoms with E-state index in [-0.39, 0.29) is 5.91 Å². The third kappa shape index (κ3) is 4.64. The molecule has 100 valence electrons. The number of halogens is 2. The summed E-state index contributed by atoms with van der Waals surface area (Å²) in [6.45, 7) is 0. The largest absolute Gasteiger partial charge is 0.325 e. The van der Waals surface area contributed by atoms with E-state index in [0.717, 1.165) is 23.0 Å². The molecule has 1 aromatic heterocycles. The van der Waals surface area contributed by atoms with Gasteiger partial charge in [0.2, 0.25) is 5.91 Å².